The molecule has 0 unspecified atom stereocenters. The number of carbonyl (C=O) groups is 1. The van der Waals surface area contributed by atoms with E-state index < -0.39 is 0 Å². The fourth-order valence-corrected chi connectivity index (χ4v) is 3.71. The van der Waals surface area contributed by atoms with Gasteiger partial charge in [0, 0.05) is 30.7 Å². The number of aromatic nitrogens is 3. The number of likely N-dealkylation sites (tertiary alicyclic amines) is 1. The fourth-order valence-electron chi connectivity index (χ4n) is 2.77. The number of hydrogen-bond donors (Lipinski definition) is 0. The van der Waals surface area contributed by atoms with Crippen LogP contribution in [0.3, 0.4) is 0 Å². The topological polar surface area (TPSA) is 51.0 Å². The van der Waals surface area contributed by atoms with E-state index in [9.17, 15) is 4.79 Å². The summed E-state index contributed by atoms with van der Waals surface area (Å²) in [6, 6.07) is 7.50. The summed E-state index contributed by atoms with van der Waals surface area (Å²) in [5.41, 5.74) is 0.956. The van der Waals surface area contributed by atoms with Crippen molar-refractivity contribution in [3.63, 3.8) is 0 Å². The van der Waals surface area contributed by atoms with Crippen LogP contribution in [0.15, 0.2) is 29.4 Å². The SMILES string of the molecule is CC1CCN(C(=O)CSc2nnc(-c3ccc(Cl)cc3)n2C)CC1. The molecule has 1 aromatic heterocycles. The number of rotatable bonds is 4. The van der Waals surface area contributed by atoms with Gasteiger partial charge in [-0.15, -0.1) is 10.2 Å². The van der Waals surface area contributed by atoms with Gasteiger partial charge in [0.1, 0.15) is 0 Å². The molecule has 128 valence electrons. The highest BCUT2D eigenvalue weighted by Gasteiger charge is 2.21. The largest absolute Gasteiger partial charge is 0.342 e. The van der Waals surface area contributed by atoms with Crippen molar-refractivity contribution in [2.45, 2.75) is 24.9 Å². The summed E-state index contributed by atoms with van der Waals surface area (Å²) < 4.78 is 1.92. The van der Waals surface area contributed by atoms with Crippen molar-refractivity contribution >= 4 is 29.3 Å². The Morgan fingerprint density at radius 3 is 2.58 bits per heavy atom. The van der Waals surface area contributed by atoms with E-state index >= 15 is 0 Å². The molecule has 5 nitrogen and oxygen atoms in total. The fraction of sp³-hybridized carbons (Fsp3) is 0.471. The minimum Gasteiger partial charge on any atom is -0.342 e. The van der Waals surface area contributed by atoms with Crippen molar-refractivity contribution in [1.29, 1.82) is 0 Å². The second-order valence-electron chi connectivity index (χ2n) is 6.22. The average molecular weight is 365 g/mol. The van der Waals surface area contributed by atoms with Gasteiger partial charge >= 0.3 is 0 Å². The molecule has 0 bridgehead atoms. The third kappa shape index (κ3) is 3.92. The van der Waals surface area contributed by atoms with Crippen molar-refractivity contribution in [2.75, 3.05) is 18.8 Å². The second-order valence-corrected chi connectivity index (χ2v) is 7.60. The summed E-state index contributed by atoms with van der Waals surface area (Å²) >= 11 is 7.36. The van der Waals surface area contributed by atoms with Crippen LogP contribution in [-0.2, 0) is 11.8 Å². The highest BCUT2D eigenvalue weighted by Crippen LogP contribution is 2.24. The molecule has 0 N–H and O–H groups in total. The second kappa shape index (κ2) is 7.57. The van der Waals surface area contributed by atoms with Crippen LogP contribution in [0.25, 0.3) is 11.4 Å². The highest BCUT2D eigenvalue weighted by atomic mass is 35.5. The van der Waals surface area contributed by atoms with Crippen LogP contribution in [0.4, 0.5) is 0 Å². The highest BCUT2D eigenvalue weighted by molar-refractivity contribution is 7.99. The molecule has 0 aliphatic carbocycles. The van der Waals surface area contributed by atoms with Crippen molar-refractivity contribution in [3.05, 3.63) is 29.3 Å². The van der Waals surface area contributed by atoms with Gasteiger partial charge in [0.05, 0.1) is 5.75 Å². The summed E-state index contributed by atoms with van der Waals surface area (Å²) in [7, 11) is 1.92. The summed E-state index contributed by atoms with van der Waals surface area (Å²) in [5.74, 6) is 2.08. The minimum atomic E-state index is 0.183. The van der Waals surface area contributed by atoms with Crippen LogP contribution in [0.1, 0.15) is 19.8 Å². The van der Waals surface area contributed by atoms with E-state index in [1.165, 1.54) is 11.8 Å². The molecule has 0 atom stereocenters. The van der Waals surface area contributed by atoms with Gasteiger partial charge in [-0.1, -0.05) is 30.3 Å². The molecule has 1 saturated heterocycles. The molecule has 1 aromatic carbocycles. The molecule has 3 rings (SSSR count). The predicted molar refractivity (Wildman–Crippen MR) is 97.2 cm³/mol. The number of amides is 1. The zero-order valence-corrected chi connectivity index (χ0v) is 15.5. The van der Waals surface area contributed by atoms with Gasteiger partial charge in [-0.05, 0) is 43.0 Å². The first kappa shape index (κ1) is 17.3. The van der Waals surface area contributed by atoms with Gasteiger partial charge in [0.2, 0.25) is 5.91 Å². The van der Waals surface area contributed by atoms with Crippen LogP contribution >= 0.6 is 23.4 Å². The third-order valence-electron chi connectivity index (χ3n) is 4.40. The molecular formula is C17H21ClN4OS. The molecule has 1 fully saturated rings. The number of thioether (sulfide) groups is 1. The number of hydrogen-bond acceptors (Lipinski definition) is 4. The third-order valence-corrected chi connectivity index (χ3v) is 5.66. The van der Waals surface area contributed by atoms with Crippen LogP contribution in [-0.4, -0.2) is 44.4 Å². The van der Waals surface area contributed by atoms with Gasteiger partial charge in [-0.25, -0.2) is 0 Å². The number of carbonyl (C=O) groups excluding carboxylic acids is 1. The maximum absolute atomic E-state index is 12.3. The van der Waals surface area contributed by atoms with E-state index in [-0.39, 0.29) is 5.91 Å². The Kier molecular flexibility index (Phi) is 5.46. The first-order chi connectivity index (χ1) is 11.5. The van der Waals surface area contributed by atoms with Crippen LogP contribution in [0.2, 0.25) is 5.02 Å². The number of piperidine rings is 1. The lowest BCUT2D eigenvalue weighted by Gasteiger charge is -2.30. The van der Waals surface area contributed by atoms with Crippen LogP contribution in [0.5, 0.6) is 0 Å². The average Bonchev–Trinajstić information content (AvgIpc) is 2.95. The Morgan fingerprint density at radius 2 is 1.92 bits per heavy atom. The van der Waals surface area contributed by atoms with Gasteiger partial charge < -0.3 is 9.47 Å². The Balaban J connectivity index is 1.62. The monoisotopic (exact) mass is 364 g/mol. The predicted octanol–water partition coefficient (Wildman–Crippen LogP) is 3.49. The molecular weight excluding hydrogens is 344 g/mol. The molecule has 1 aliphatic rings. The normalized spacial score (nSPS) is 15.7. The van der Waals surface area contributed by atoms with Gasteiger partial charge in [0.15, 0.2) is 11.0 Å². The Hall–Kier alpha value is -1.53. The van der Waals surface area contributed by atoms with E-state index in [4.69, 9.17) is 11.6 Å². The summed E-state index contributed by atoms with van der Waals surface area (Å²) in [6.07, 6.45) is 2.20. The van der Waals surface area contributed by atoms with E-state index in [0.29, 0.717) is 10.8 Å². The Morgan fingerprint density at radius 1 is 1.25 bits per heavy atom. The molecule has 0 saturated carbocycles. The molecule has 7 heteroatoms. The van der Waals surface area contributed by atoms with Crippen LogP contribution in [0, 0.1) is 5.92 Å². The molecule has 1 amide bonds. The molecule has 2 heterocycles. The van der Waals surface area contributed by atoms with Crippen molar-refractivity contribution in [1.82, 2.24) is 19.7 Å². The number of nitrogens with zero attached hydrogens (tertiary/aromatic N) is 4. The molecule has 24 heavy (non-hydrogen) atoms. The first-order valence-electron chi connectivity index (χ1n) is 8.10. The Labute approximate surface area is 151 Å². The van der Waals surface area contributed by atoms with E-state index in [2.05, 4.69) is 17.1 Å². The molecule has 0 radical (unpaired) electrons. The quantitative estimate of drug-likeness (QED) is 0.779. The van der Waals surface area contributed by atoms with E-state index in [1.54, 1.807) is 0 Å². The van der Waals surface area contributed by atoms with Crippen molar-refractivity contribution in [3.8, 4) is 11.4 Å². The molecule has 2 aromatic rings. The first-order valence-corrected chi connectivity index (χ1v) is 9.47. The summed E-state index contributed by atoms with van der Waals surface area (Å²) in [5, 5.41) is 9.90. The lowest BCUT2D eigenvalue weighted by Crippen LogP contribution is -2.38. The smallest absolute Gasteiger partial charge is 0.233 e. The zero-order chi connectivity index (χ0) is 17.1. The van der Waals surface area contributed by atoms with Crippen molar-refractivity contribution < 1.29 is 4.79 Å². The number of benzene rings is 1. The van der Waals surface area contributed by atoms with Crippen LogP contribution < -0.4 is 0 Å². The zero-order valence-electron chi connectivity index (χ0n) is 13.9. The van der Waals surface area contributed by atoms with E-state index in [0.717, 1.165) is 48.4 Å². The van der Waals surface area contributed by atoms with Gasteiger partial charge in [-0.2, -0.15) is 0 Å². The maximum Gasteiger partial charge on any atom is 0.233 e. The molecule has 0 spiro atoms. The Bertz CT molecular complexity index is 708. The lowest BCUT2D eigenvalue weighted by atomic mass is 9.99. The van der Waals surface area contributed by atoms with Gasteiger partial charge in [-0.3, -0.25) is 4.79 Å². The minimum absolute atomic E-state index is 0.183. The standard InChI is InChI=1S/C17H21ClN4OS/c1-12-7-9-22(10-8-12)15(23)11-24-17-20-19-16(21(17)2)13-3-5-14(18)6-4-13/h3-6,12H,7-11H2,1-2H3. The van der Waals surface area contributed by atoms with E-state index in [1.807, 2.05) is 40.8 Å². The molecule has 1 aliphatic heterocycles. The summed E-state index contributed by atoms with van der Waals surface area (Å²) in [6.45, 7) is 3.99. The number of halogens is 1. The maximum atomic E-state index is 12.3. The summed E-state index contributed by atoms with van der Waals surface area (Å²) in [4.78, 5) is 14.3. The van der Waals surface area contributed by atoms with Gasteiger partial charge in [0.25, 0.3) is 0 Å². The van der Waals surface area contributed by atoms with Crippen molar-refractivity contribution in [2.24, 2.45) is 13.0 Å². The lowest BCUT2D eigenvalue weighted by molar-refractivity contribution is -0.129.